The molecule has 3 heterocycles. The molecule has 1 atom stereocenters. The summed E-state index contributed by atoms with van der Waals surface area (Å²) in [6.07, 6.45) is 1.56. The van der Waals surface area contributed by atoms with Crippen molar-refractivity contribution in [1.29, 1.82) is 0 Å². The van der Waals surface area contributed by atoms with Crippen molar-refractivity contribution in [3.63, 3.8) is 0 Å². The highest BCUT2D eigenvalue weighted by Crippen LogP contribution is 2.29. The molecule has 2 fully saturated rings. The number of amides is 4. The Hall–Kier alpha value is -3.46. The highest BCUT2D eigenvalue weighted by molar-refractivity contribution is 6.10. The second kappa shape index (κ2) is 8.35. The average molecular weight is 423 g/mol. The molecule has 1 unspecified atom stereocenters. The van der Waals surface area contributed by atoms with Crippen molar-refractivity contribution in [1.82, 2.24) is 15.2 Å². The standard InChI is InChI=1S/C22H25N5O4/c1-15-3-5-16(6-4-15)22(2)20(29)27(21(30)25-22)14-19(28)24-17-7-8-18(23-13-17)26-9-11-31-12-10-26/h3-8,13H,9-12,14H2,1-2H3,(H,24,28)(H,25,30). The van der Waals surface area contributed by atoms with Crippen LogP contribution in [0.1, 0.15) is 18.1 Å². The summed E-state index contributed by atoms with van der Waals surface area (Å²) in [6, 6.07) is 10.3. The summed E-state index contributed by atoms with van der Waals surface area (Å²) < 4.78 is 5.33. The minimum atomic E-state index is -1.20. The van der Waals surface area contributed by atoms with Gasteiger partial charge in [-0.1, -0.05) is 29.8 Å². The lowest BCUT2D eigenvalue weighted by Gasteiger charge is -2.27. The van der Waals surface area contributed by atoms with E-state index in [-0.39, 0.29) is 6.54 Å². The van der Waals surface area contributed by atoms with Gasteiger partial charge in [0.2, 0.25) is 5.91 Å². The maximum absolute atomic E-state index is 13.0. The number of imide groups is 1. The number of nitrogens with zero attached hydrogens (tertiary/aromatic N) is 3. The molecule has 4 amide bonds. The molecule has 9 nitrogen and oxygen atoms in total. The van der Waals surface area contributed by atoms with Crippen LogP contribution in [-0.2, 0) is 19.9 Å². The summed E-state index contributed by atoms with van der Waals surface area (Å²) >= 11 is 0. The summed E-state index contributed by atoms with van der Waals surface area (Å²) in [4.78, 5) is 45.3. The van der Waals surface area contributed by atoms with Crippen molar-refractivity contribution < 1.29 is 19.1 Å². The predicted octanol–water partition coefficient (Wildman–Crippen LogP) is 1.63. The van der Waals surface area contributed by atoms with Crippen LogP contribution >= 0.6 is 0 Å². The molecule has 0 bridgehead atoms. The SMILES string of the molecule is Cc1ccc(C2(C)NC(=O)N(CC(=O)Nc3ccc(N4CCOCC4)nc3)C2=O)cc1. The first-order valence-corrected chi connectivity index (χ1v) is 10.2. The number of hydrogen-bond acceptors (Lipinski definition) is 6. The largest absolute Gasteiger partial charge is 0.378 e. The Kier molecular flexibility index (Phi) is 5.60. The van der Waals surface area contributed by atoms with Crippen LogP contribution < -0.4 is 15.5 Å². The zero-order valence-electron chi connectivity index (χ0n) is 17.6. The fraction of sp³-hybridized carbons (Fsp3) is 0.364. The molecule has 4 rings (SSSR count). The molecule has 0 saturated carbocycles. The van der Waals surface area contributed by atoms with Gasteiger partial charge in [-0.2, -0.15) is 0 Å². The normalized spacial score (nSPS) is 21.2. The molecule has 0 spiro atoms. The number of benzene rings is 1. The number of nitrogens with one attached hydrogen (secondary N) is 2. The molecule has 9 heteroatoms. The topological polar surface area (TPSA) is 104 Å². The van der Waals surface area contributed by atoms with E-state index < -0.39 is 23.4 Å². The molecular formula is C22H25N5O4. The van der Waals surface area contributed by atoms with Crippen LogP contribution in [-0.4, -0.2) is 60.6 Å². The Morgan fingerprint density at radius 1 is 1.16 bits per heavy atom. The van der Waals surface area contributed by atoms with Crippen molar-refractivity contribution in [3.8, 4) is 0 Å². The van der Waals surface area contributed by atoms with Gasteiger partial charge in [0.1, 0.15) is 17.9 Å². The van der Waals surface area contributed by atoms with Crippen molar-refractivity contribution in [2.45, 2.75) is 19.4 Å². The monoisotopic (exact) mass is 423 g/mol. The number of rotatable bonds is 5. The van der Waals surface area contributed by atoms with Crippen LogP contribution in [0.15, 0.2) is 42.6 Å². The van der Waals surface area contributed by atoms with Gasteiger partial charge in [0.25, 0.3) is 5.91 Å². The molecule has 2 aliphatic heterocycles. The number of urea groups is 1. The molecular weight excluding hydrogens is 398 g/mol. The number of pyridine rings is 1. The molecule has 2 aliphatic rings. The number of anilines is 2. The van der Waals surface area contributed by atoms with E-state index in [2.05, 4.69) is 20.5 Å². The molecule has 0 aliphatic carbocycles. The van der Waals surface area contributed by atoms with E-state index in [4.69, 9.17) is 4.74 Å². The third-order valence-electron chi connectivity index (χ3n) is 5.57. The van der Waals surface area contributed by atoms with E-state index in [1.165, 1.54) is 0 Å². The van der Waals surface area contributed by atoms with Gasteiger partial charge in [0.15, 0.2) is 0 Å². The predicted molar refractivity (Wildman–Crippen MR) is 115 cm³/mol. The Morgan fingerprint density at radius 3 is 2.52 bits per heavy atom. The minimum absolute atomic E-state index is 0.378. The molecule has 1 aromatic carbocycles. The third-order valence-corrected chi connectivity index (χ3v) is 5.57. The first-order chi connectivity index (χ1) is 14.9. The van der Waals surface area contributed by atoms with Crippen LogP contribution in [0.25, 0.3) is 0 Å². The van der Waals surface area contributed by atoms with Gasteiger partial charge >= 0.3 is 6.03 Å². The van der Waals surface area contributed by atoms with E-state index in [1.807, 2.05) is 25.1 Å². The fourth-order valence-corrected chi connectivity index (χ4v) is 3.71. The molecule has 1 aromatic heterocycles. The first-order valence-electron chi connectivity index (χ1n) is 10.2. The quantitative estimate of drug-likeness (QED) is 0.709. The number of morpholine rings is 1. The molecule has 2 saturated heterocycles. The van der Waals surface area contributed by atoms with Crippen molar-refractivity contribution in [2.24, 2.45) is 0 Å². The Morgan fingerprint density at radius 2 is 1.87 bits per heavy atom. The number of carbonyl (C=O) groups is 3. The second-order valence-electron chi connectivity index (χ2n) is 7.87. The Labute approximate surface area is 180 Å². The maximum atomic E-state index is 13.0. The highest BCUT2D eigenvalue weighted by atomic mass is 16.5. The molecule has 162 valence electrons. The number of hydrogen-bond donors (Lipinski definition) is 2. The number of ether oxygens (including phenoxy) is 1. The fourth-order valence-electron chi connectivity index (χ4n) is 3.71. The zero-order valence-corrected chi connectivity index (χ0v) is 17.6. The van der Waals surface area contributed by atoms with Crippen LogP contribution in [0.5, 0.6) is 0 Å². The lowest BCUT2D eigenvalue weighted by Crippen LogP contribution is -2.42. The Bertz CT molecular complexity index is 986. The first kappa shape index (κ1) is 20.8. The van der Waals surface area contributed by atoms with Gasteiger partial charge in [-0.3, -0.25) is 14.5 Å². The van der Waals surface area contributed by atoms with Crippen molar-refractivity contribution in [2.75, 3.05) is 43.1 Å². The van der Waals surface area contributed by atoms with Crippen LogP contribution in [0.2, 0.25) is 0 Å². The van der Waals surface area contributed by atoms with Gasteiger partial charge in [-0.25, -0.2) is 9.78 Å². The van der Waals surface area contributed by atoms with E-state index in [0.717, 1.165) is 29.4 Å². The summed E-state index contributed by atoms with van der Waals surface area (Å²) in [7, 11) is 0. The summed E-state index contributed by atoms with van der Waals surface area (Å²) in [5.41, 5.74) is 1.01. The number of aromatic nitrogens is 1. The Balaban J connectivity index is 1.39. The smallest absolute Gasteiger partial charge is 0.325 e. The van der Waals surface area contributed by atoms with Crippen LogP contribution in [0, 0.1) is 6.92 Å². The van der Waals surface area contributed by atoms with Crippen LogP contribution in [0.4, 0.5) is 16.3 Å². The van der Waals surface area contributed by atoms with E-state index in [1.54, 1.807) is 31.3 Å². The van der Waals surface area contributed by atoms with Crippen LogP contribution in [0.3, 0.4) is 0 Å². The second-order valence-corrected chi connectivity index (χ2v) is 7.87. The summed E-state index contributed by atoms with van der Waals surface area (Å²) in [6.45, 7) is 6.07. The lowest BCUT2D eigenvalue weighted by atomic mass is 9.91. The highest BCUT2D eigenvalue weighted by Gasteiger charge is 2.49. The van der Waals surface area contributed by atoms with Crippen molar-refractivity contribution in [3.05, 3.63) is 53.7 Å². The molecule has 2 N–H and O–H groups in total. The van der Waals surface area contributed by atoms with E-state index in [9.17, 15) is 14.4 Å². The van der Waals surface area contributed by atoms with Gasteiger partial charge in [0.05, 0.1) is 25.1 Å². The van der Waals surface area contributed by atoms with E-state index in [0.29, 0.717) is 24.5 Å². The van der Waals surface area contributed by atoms with Gasteiger partial charge < -0.3 is 20.3 Å². The maximum Gasteiger partial charge on any atom is 0.325 e. The molecule has 0 radical (unpaired) electrons. The van der Waals surface area contributed by atoms with E-state index >= 15 is 0 Å². The summed E-state index contributed by atoms with van der Waals surface area (Å²) in [5.74, 6) is -0.126. The van der Waals surface area contributed by atoms with Gasteiger partial charge in [0, 0.05) is 13.1 Å². The molecule has 31 heavy (non-hydrogen) atoms. The summed E-state index contributed by atoms with van der Waals surface area (Å²) in [5, 5.41) is 5.40. The number of aryl methyl sites for hydroxylation is 1. The number of carbonyl (C=O) groups excluding carboxylic acids is 3. The zero-order chi connectivity index (χ0) is 22.0. The minimum Gasteiger partial charge on any atom is -0.378 e. The van der Waals surface area contributed by atoms with Gasteiger partial charge in [-0.15, -0.1) is 0 Å². The van der Waals surface area contributed by atoms with Gasteiger partial charge in [-0.05, 0) is 31.5 Å². The lowest BCUT2D eigenvalue weighted by molar-refractivity contribution is -0.133. The van der Waals surface area contributed by atoms with Crippen molar-refractivity contribution >= 4 is 29.4 Å². The molecule has 2 aromatic rings. The average Bonchev–Trinajstić information content (AvgIpc) is 2.99. The third kappa shape index (κ3) is 4.22.